The molecule has 2 rings (SSSR count). The van der Waals surface area contributed by atoms with Gasteiger partial charge >= 0.3 is 0 Å². The van der Waals surface area contributed by atoms with Gasteiger partial charge in [-0.15, -0.1) is 0 Å². The van der Waals surface area contributed by atoms with E-state index >= 15 is 0 Å². The minimum Gasteiger partial charge on any atom is -0.387 e. The Labute approximate surface area is 117 Å². The van der Waals surface area contributed by atoms with Crippen LogP contribution in [0.3, 0.4) is 0 Å². The van der Waals surface area contributed by atoms with E-state index in [1.165, 1.54) is 17.4 Å². The number of sulfonamides is 1. The van der Waals surface area contributed by atoms with Gasteiger partial charge in [0.1, 0.15) is 4.90 Å². The van der Waals surface area contributed by atoms with Crippen molar-refractivity contribution in [2.45, 2.75) is 4.90 Å². The number of rotatable bonds is 4. The molecule has 0 unspecified atom stereocenters. The highest BCUT2D eigenvalue weighted by Crippen LogP contribution is 2.27. The minimum atomic E-state index is -3.63. The van der Waals surface area contributed by atoms with Gasteiger partial charge in [-0.3, -0.25) is 4.72 Å². The normalized spacial score (nSPS) is 11.2. The van der Waals surface area contributed by atoms with E-state index in [-0.39, 0.29) is 4.90 Å². The van der Waals surface area contributed by atoms with Crippen molar-refractivity contribution in [1.82, 2.24) is 4.98 Å². The topological polar surface area (TPSA) is 71.1 Å². The first kappa shape index (κ1) is 13.3. The summed E-state index contributed by atoms with van der Waals surface area (Å²) >= 11 is 4.45. The molecule has 2 aromatic rings. The Bertz CT molecular complexity index is 655. The third-order valence-corrected chi connectivity index (χ3v) is 5.06. The number of nitrogens with zero attached hydrogens (tertiary/aromatic N) is 1. The largest absolute Gasteiger partial charge is 0.387 e. The third-order valence-electron chi connectivity index (χ3n) is 2.15. The molecule has 0 aliphatic carbocycles. The molecule has 0 saturated carbocycles. The highest BCUT2D eigenvalue weighted by Gasteiger charge is 2.19. The summed E-state index contributed by atoms with van der Waals surface area (Å²) in [5.74, 6) is 0. The zero-order valence-corrected chi connectivity index (χ0v) is 12.6. The molecule has 0 amide bonds. The molecule has 2 N–H and O–H groups in total. The number of para-hydroxylation sites is 1. The lowest BCUT2D eigenvalue weighted by Gasteiger charge is -2.09. The van der Waals surface area contributed by atoms with E-state index in [1.54, 1.807) is 31.4 Å². The Kier molecular flexibility index (Phi) is 3.88. The average molecular weight is 348 g/mol. The van der Waals surface area contributed by atoms with E-state index < -0.39 is 10.0 Å². The minimum absolute atomic E-state index is 0.193. The summed E-state index contributed by atoms with van der Waals surface area (Å²) in [4.78, 5) is 4.14. The SMILES string of the molecule is CNc1ccccc1S(=O)(=O)Nc1ncc(Br)s1. The molecule has 0 aliphatic rings. The molecule has 0 bridgehead atoms. The number of hydrogen-bond donors (Lipinski definition) is 2. The fourth-order valence-electron chi connectivity index (χ4n) is 1.38. The van der Waals surface area contributed by atoms with Gasteiger partial charge in [0.15, 0.2) is 5.13 Å². The van der Waals surface area contributed by atoms with Gasteiger partial charge in [-0.2, -0.15) is 0 Å². The molecular weight excluding hydrogens is 338 g/mol. The highest BCUT2D eigenvalue weighted by molar-refractivity contribution is 9.11. The summed E-state index contributed by atoms with van der Waals surface area (Å²) in [6.07, 6.45) is 1.55. The van der Waals surface area contributed by atoms with E-state index in [1.807, 2.05) is 0 Å². The molecule has 1 aromatic heterocycles. The summed E-state index contributed by atoms with van der Waals surface area (Å²) in [5.41, 5.74) is 0.542. The van der Waals surface area contributed by atoms with E-state index in [0.717, 1.165) is 3.79 Å². The summed E-state index contributed by atoms with van der Waals surface area (Å²) in [5, 5.41) is 3.17. The van der Waals surface area contributed by atoms with Crippen LogP contribution in [-0.4, -0.2) is 20.4 Å². The zero-order valence-electron chi connectivity index (χ0n) is 9.34. The highest BCUT2D eigenvalue weighted by atomic mass is 79.9. The van der Waals surface area contributed by atoms with Crippen LogP contribution in [0.5, 0.6) is 0 Å². The van der Waals surface area contributed by atoms with Crippen LogP contribution in [0.1, 0.15) is 0 Å². The summed E-state index contributed by atoms with van der Waals surface area (Å²) < 4.78 is 27.6. The Morgan fingerprint density at radius 1 is 1.33 bits per heavy atom. The van der Waals surface area contributed by atoms with Gasteiger partial charge in [0.05, 0.1) is 15.7 Å². The zero-order chi connectivity index (χ0) is 13.2. The average Bonchev–Trinajstić information content (AvgIpc) is 2.74. The van der Waals surface area contributed by atoms with Crippen molar-refractivity contribution in [3.8, 4) is 0 Å². The first-order chi connectivity index (χ1) is 8.53. The molecule has 0 spiro atoms. The second-order valence-electron chi connectivity index (χ2n) is 3.32. The van der Waals surface area contributed by atoms with Crippen LogP contribution in [0, 0.1) is 0 Å². The second kappa shape index (κ2) is 5.25. The number of aromatic nitrogens is 1. The third kappa shape index (κ3) is 2.82. The van der Waals surface area contributed by atoms with Gasteiger partial charge in [0, 0.05) is 7.05 Å². The van der Waals surface area contributed by atoms with E-state index in [2.05, 4.69) is 31.0 Å². The standard InChI is InChI=1S/C10H10BrN3O2S2/c1-12-7-4-2-3-5-8(7)18(15,16)14-10-13-6-9(11)17-10/h2-6,12H,1H3,(H,13,14). The quantitative estimate of drug-likeness (QED) is 0.891. The molecule has 5 nitrogen and oxygen atoms in total. The van der Waals surface area contributed by atoms with E-state index in [9.17, 15) is 8.42 Å². The number of nitrogens with one attached hydrogen (secondary N) is 2. The number of halogens is 1. The lowest BCUT2D eigenvalue weighted by molar-refractivity contribution is 0.601. The monoisotopic (exact) mass is 347 g/mol. The molecule has 0 saturated heterocycles. The van der Waals surface area contributed by atoms with Crippen molar-refractivity contribution < 1.29 is 8.42 Å². The van der Waals surface area contributed by atoms with Crippen LogP contribution in [0.2, 0.25) is 0 Å². The van der Waals surface area contributed by atoms with Gasteiger partial charge < -0.3 is 5.32 Å². The Hall–Kier alpha value is -1.12. The lowest BCUT2D eigenvalue weighted by Crippen LogP contribution is -2.14. The smallest absolute Gasteiger partial charge is 0.265 e. The fourth-order valence-corrected chi connectivity index (χ4v) is 3.94. The maximum absolute atomic E-state index is 12.2. The molecule has 1 heterocycles. The Balaban J connectivity index is 2.36. The lowest BCUT2D eigenvalue weighted by atomic mass is 10.3. The summed E-state index contributed by atoms with van der Waals surface area (Å²) in [6, 6.07) is 6.68. The molecule has 1 aromatic carbocycles. The maximum Gasteiger partial charge on any atom is 0.265 e. The van der Waals surface area contributed by atoms with Crippen molar-refractivity contribution in [3.63, 3.8) is 0 Å². The predicted octanol–water partition coefficient (Wildman–Crippen LogP) is 2.75. The van der Waals surface area contributed by atoms with Crippen LogP contribution in [0.4, 0.5) is 10.8 Å². The van der Waals surface area contributed by atoms with Crippen molar-refractivity contribution in [1.29, 1.82) is 0 Å². The second-order valence-corrected chi connectivity index (χ2v) is 7.38. The number of hydrogen-bond acceptors (Lipinski definition) is 5. The van der Waals surface area contributed by atoms with Crippen LogP contribution in [0.25, 0.3) is 0 Å². The van der Waals surface area contributed by atoms with Crippen molar-refractivity contribution in [3.05, 3.63) is 34.2 Å². The Morgan fingerprint density at radius 2 is 2.06 bits per heavy atom. The van der Waals surface area contributed by atoms with Crippen LogP contribution in [0.15, 0.2) is 39.1 Å². The molecule has 18 heavy (non-hydrogen) atoms. The van der Waals surface area contributed by atoms with Crippen LogP contribution in [-0.2, 0) is 10.0 Å². The molecule has 96 valence electrons. The van der Waals surface area contributed by atoms with Gasteiger partial charge in [0.2, 0.25) is 0 Å². The molecule has 8 heteroatoms. The maximum atomic E-state index is 12.2. The van der Waals surface area contributed by atoms with Gasteiger partial charge in [-0.05, 0) is 28.1 Å². The molecule has 0 aliphatic heterocycles. The molecular formula is C10H10BrN3O2S2. The predicted molar refractivity (Wildman–Crippen MR) is 76.6 cm³/mol. The van der Waals surface area contributed by atoms with Gasteiger partial charge in [-0.25, -0.2) is 13.4 Å². The first-order valence-corrected chi connectivity index (χ1v) is 8.03. The Morgan fingerprint density at radius 3 is 2.67 bits per heavy atom. The first-order valence-electron chi connectivity index (χ1n) is 4.94. The number of thiazole rings is 1. The van der Waals surface area contributed by atoms with Crippen LogP contribution >= 0.6 is 27.3 Å². The molecule has 0 atom stereocenters. The van der Waals surface area contributed by atoms with Gasteiger partial charge in [-0.1, -0.05) is 23.5 Å². The molecule has 0 fully saturated rings. The number of benzene rings is 1. The van der Waals surface area contributed by atoms with E-state index in [4.69, 9.17) is 0 Å². The number of anilines is 2. The fraction of sp³-hybridized carbons (Fsp3) is 0.100. The van der Waals surface area contributed by atoms with Gasteiger partial charge in [0.25, 0.3) is 10.0 Å². The molecule has 0 radical (unpaired) electrons. The van der Waals surface area contributed by atoms with Crippen LogP contribution < -0.4 is 10.0 Å². The van der Waals surface area contributed by atoms with Crippen molar-refractivity contribution >= 4 is 48.1 Å². The van der Waals surface area contributed by atoms with Crippen molar-refractivity contribution in [2.24, 2.45) is 0 Å². The summed E-state index contributed by atoms with van der Waals surface area (Å²) in [7, 11) is -1.95. The van der Waals surface area contributed by atoms with Crippen molar-refractivity contribution in [2.75, 3.05) is 17.1 Å². The van der Waals surface area contributed by atoms with E-state index in [0.29, 0.717) is 10.8 Å². The summed E-state index contributed by atoms with van der Waals surface area (Å²) in [6.45, 7) is 0.